The molecule has 5 nitrogen and oxygen atoms in total. The molecule has 0 saturated carbocycles. The van der Waals surface area contributed by atoms with Crippen molar-refractivity contribution in [3.05, 3.63) is 54.3 Å². The molecule has 3 aliphatic rings. The highest BCUT2D eigenvalue weighted by molar-refractivity contribution is 8.00. The lowest BCUT2D eigenvalue weighted by atomic mass is 9.99. The van der Waals surface area contributed by atoms with E-state index < -0.39 is 6.29 Å². The fourth-order valence-corrected chi connectivity index (χ4v) is 4.42. The molecule has 6 heteroatoms. The van der Waals surface area contributed by atoms with Gasteiger partial charge in [0.15, 0.2) is 0 Å². The summed E-state index contributed by atoms with van der Waals surface area (Å²) in [6, 6.07) is 9.81. The van der Waals surface area contributed by atoms with Gasteiger partial charge in [0.05, 0.1) is 23.0 Å². The molecule has 2 fully saturated rings. The zero-order valence-electron chi connectivity index (χ0n) is 13.7. The number of allylic oxidation sites excluding steroid dienone is 1. The number of esters is 2. The van der Waals surface area contributed by atoms with Crippen LogP contribution in [0.25, 0.3) is 0 Å². The minimum absolute atomic E-state index is 0.00209. The summed E-state index contributed by atoms with van der Waals surface area (Å²) < 4.78 is 16.4. The van der Waals surface area contributed by atoms with Crippen LogP contribution in [-0.4, -0.2) is 29.6 Å². The number of benzene rings is 1. The van der Waals surface area contributed by atoms with E-state index in [1.54, 1.807) is 11.8 Å². The average Bonchev–Trinajstić information content (AvgIpc) is 3.24. The molecule has 4 rings (SSSR count). The molecule has 0 bridgehead atoms. The van der Waals surface area contributed by atoms with E-state index in [4.69, 9.17) is 14.2 Å². The van der Waals surface area contributed by atoms with Crippen LogP contribution in [0, 0.1) is 11.8 Å². The maximum absolute atomic E-state index is 12.0. The van der Waals surface area contributed by atoms with E-state index in [2.05, 4.69) is 0 Å². The van der Waals surface area contributed by atoms with E-state index in [1.807, 2.05) is 49.4 Å². The molecule has 2 heterocycles. The molecule has 130 valence electrons. The summed E-state index contributed by atoms with van der Waals surface area (Å²) in [5.74, 6) is -0.928. The largest absolute Gasteiger partial charge is 0.461 e. The average molecular weight is 358 g/mol. The Kier molecular flexibility index (Phi) is 4.29. The van der Waals surface area contributed by atoms with Crippen LogP contribution < -0.4 is 0 Å². The third-order valence-corrected chi connectivity index (χ3v) is 6.15. The minimum Gasteiger partial charge on any atom is -0.461 e. The number of cyclic esters (lactones) is 1. The van der Waals surface area contributed by atoms with Crippen LogP contribution in [0.3, 0.4) is 0 Å². The highest BCUT2D eigenvalue weighted by atomic mass is 32.2. The molecular formula is C19H18O5S. The van der Waals surface area contributed by atoms with Gasteiger partial charge in [-0.3, -0.25) is 4.79 Å². The summed E-state index contributed by atoms with van der Waals surface area (Å²) in [5, 5.41) is -0.179. The molecule has 0 spiro atoms. The molecule has 2 saturated heterocycles. The Hall–Kier alpha value is -2.21. The number of hydrogen-bond acceptors (Lipinski definition) is 6. The fourth-order valence-electron chi connectivity index (χ4n) is 3.25. The van der Waals surface area contributed by atoms with Crippen molar-refractivity contribution in [1.82, 2.24) is 0 Å². The quantitative estimate of drug-likeness (QED) is 0.357. The summed E-state index contributed by atoms with van der Waals surface area (Å²) in [7, 11) is 0. The summed E-state index contributed by atoms with van der Waals surface area (Å²) >= 11 is 1.55. The van der Waals surface area contributed by atoms with Gasteiger partial charge < -0.3 is 14.2 Å². The second kappa shape index (κ2) is 6.59. The Balaban J connectivity index is 1.49. The molecule has 1 aliphatic carbocycles. The van der Waals surface area contributed by atoms with E-state index in [0.29, 0.717) is 5.57 Å². The van der Waals surface area contributed by atoms with Gasteiger partial charge in [0.1, 0.15) is 6.10 Å². The van der Waals surface area contributed by atoms with Crippen LogP contribution in [0.2, 0.25) is 0 Å². The topological polar surface area (TPSA) is 61.8 Å². The monoisotopic (exact) mass is 358 g/mol. The van der Waals surface area contributed by atoms with E-state index in [9.17, 15) is 9.59 Å². The van der Waals surface area contributed by atoms with Crippen LogP contribution in [0.15, 0.2) is 59.2 Å². The Morgan fingerprint density at radius 2 is 2.00 bits per heavy atom. The first-order valence-corrected chi connectivity index (χ1v) is 9.17. The summed E-state index contributed by atoms with van der Waals surface area (Å²) in [6.45, 7) is 1.83. The number of rotatable bonds is 4. The lowest BCUT2D eigenvalue weighted by molar-refractivity contribution is -0.156. The van der Waals surface area contributed by atoms with Crippen molar-refractivity contribution in [2.45, 2.75) is 35.9 Å². The van der Waals surface area contributed by atoms with Crippen molar-refractivity contribution in [3.63, 3.8) is 0 Å². The van der Waals surface area contributed by atoms with Gasteiger partial charge in [-0.2, -0.15) is 0 Å². The highest BCUT2D eigenvalue weighted by Crippen LogP contribution is 2.39. The Labute approximate surface area is 150 Å². The van der Waals surface area contributed by atoms with Crippen molar-refractivity contribution in [2.75, 3.05) is 0 Å². The third-order valence-electron chi connectivity index (χ3n) is 4.70. The summed E-state index contributed by atoms with van der Waals surface area (Å²) in [5.41, 5.74) is 0.508. The van der Waals surface area contributed by atoms with Crippen molar-refractivity contribution in [1.29, 1.82) is 0 Å². The van der Waals surface area contributed by atoms with Gasteiger partial charge in [0.2, 0.25) is 0 Å². The van der Waals surface area contributed by atoms with Crippen LogP contribution in [0.4, 0.5) is 0 Å². The molecular weight excluding hydrogens is 340 g/mol. The molecule has 1 aromatic rings. The number of hydrogen-bond donors (Lipinski definition) is 0. The molecule has 0 unspecified atom stereocenters. The van der Waals surface area contributed by atoms with Crippen molar-refractivity contribution >= 4 is 23.7 Å². The molecule has 0 amide bonds. The van der Waals surface area contributed by atoms with Gasteiger partial charge in [0, 0.05) is 10.8 Å². The molecule has 25 heavy (non-hydrogen) atoms. The standard InChI is InChI=1S/C19H18O5S/c1-11-16(25-12-6-3-2-4-7-12)19(24-17(11)20)22-10-14-13-8-5-9-15(13)23-18(14)21/h2-7,9-11,13,15-16,19H,8H2,1H3/b14-10+/t11-,13+,15+,16-,19-/m1/s1. The molecule has 0 radical (unpaired) electrons. The van der Waals surface area contributed by atoms with Gasteiger partial charge >= 0.3 is 11.9 Å². The molecule has 0 N–H and O–H groups in total. The molecule has 5 atom stereocenters. The maximum atomic E-state index is 12.0. The zero-order valence-corrected chi connectivity index (χ0v) is 14.5. The first-order chi connectivity index (χ1) is 12.1. The first kappa shape index (κ1) is 16.3. The Morgan fingerprint density at radius 1 is 1.20 bits per heavy atom. The number of carbonyl (C=O) groups excluding carboxylic acids is 2. The molecule has 2 aliphatic heterocycles. The molecule has 1 aromatic carbocycles. The van der Waals surface area contributed by atoms with Gasteiger partial charge in [-0.05, 0) is 24.6 Å². The van der Waals surface area contributed by atoms with Crippen molar-refractivity contribution < 1.29 is 23.8 Å². The summed E-state index contributed by atoms with van der Waals surface area (Å²) in [6.07, 6.45) is 5.17. The van der Waals surface area contributed by atoms with E-state index in [1.165, 1.54) is 6.26 Å². The van der Waals surface area contributed by atoms with Crippen LogP contribution in [-0.2, 0) is 23.8 Å². The van der Waals surface area contributed by atoms with Crippen molar-refractivity contribution in [3.8, 4) is 0 Å². The van der Waals surface area contributed by atoms with Crippen LogP contribution in [0.1, 0.15) is 13.3 Å². The number of fused-ring (bicyclic) bond motifs is 1. The second-order valence-corrected chi connectivity index (χ2v) is 7.59. The predicted octanol–water partition coefficient (Wildman–Crippen LogP) is 3.07. The summed E-state index contributed by atoms with van der Waals surface area (Å²) in [4.78, 5) is 25.0. The maximum Gasteiger partial charge on any atom is 0.338 e. The van der Waals surface area contributed by atoms with E-state index >= 15 is 0 Å². The normalized spacial score (nSPS) is 34.9. The predicted molar refractivity (Wildman–Crippen MR) is 91.4 cm³/mol. The Morgan fingerprint density at radius 3 is 2.80 bits per heavy atom. The van der Waals surface area contributed by atoms with Crippen molar-refractivity contribution in [2.24, 2.45) is 11.8 Å². The SMILES string of the molecule is C[C@H]1C(=O)O[C@@H](O/C=C2/C(=O)O[C@H]3C=CC[C@@H]23)[C@@H]1Sc1ccccc1. The third kappa shape index (κ3) is 3.06. The van der Waals surface area contributed by atoms with Gasteiger partial charge in [-0.25, -0.2) is 4.79 Å². The zero-order chi connectivity index (χ0) is 17.4. The smallest absolute Gasteiger partial charge is 0.338 e. The van der Waals surface area contributed by atoms with Gasteiger partial charge in [-0.1, -0.05) is 31.2 Å². The number of thioether (sulfide) groups is 1. The Bertz CT molecular complexity index is 741. The first-order valence-electron chi connectivity index (χ1n) is 8.29. The van der Waals surface area contributed by atoms with Gasteiger partial charge in [-0.15, -0.1) is 11.8 Å². The van der Waals surface area contributed by atoms with Crippen LogP contribution >= 0.6 is 11.8 Å². The fraction of sp³-hybridized carbons (Fsp3) is 0.368. The van der Waals surface area contributed by atoms with Gasteiger partial charge in [0.25, 0.3) is 6.29 Å². The minimum atomic E-state index is -0.721. The van der Waals surface area contributed by atoms with E-state index in [-0.39, 0.29) is 35.1 Å². The number of carbonyl (C=O) groups is 2. The van der Waals surface area contributed by atoms with E-state index in [0.717, 1.165) is 11.3 Å². The number of ether oxygens (including phenoxy) is 3. The highest BCUT2D eigenvalue weighted by Gasteiger charge is 2.45. The lowest BCUT2D eigenvalue weighted by Crippen LogP contribution is -2.24. The lowest BCUT2D eigenvalue weighted by Gasteiger charge is -2.18. The molecule has 0 aromatic heterocycles. The van der Waals surface area contributed by atoms with Crippen LogP contribution in [0.5, 0.6) is 0 Å². The second-order valence-electron chi connectivity index (χ2n) is 6.34.